The molecular weight excluding hydrogens is 280 g/mol. The Balaban J connectivity index is 3.04. The van der Waals surface area contributed by atoms with Crippen LogP contribution in [0.15, 0.2) is 23.1 Å². The van der Waals surface area contributed by atoms with Crippen molar-refractivity contribution in [2.75, 3.05) is 25.6 Å². The SMILES string of the molecule is CCc1ccc(CNC)cc1S(=O)(=O)NCCSC. The Kier molecular flexibility index (Phi) is 6.85. The van der Waals surface area contributed by atoms with Gasteiger partial charge in [-0.25, -0.2) is 13.1 Å². The maximum absolute atomic E-state index is 12.3. The topological polar surface area (TPSA) is 58.2 Å². The van der Waals surface area contributed by atoms with Crippen LogP contribution in [-0.4, -0.2) is 34.0 Å². The van der Waals surface area contributed by atoms with Crippen LogP contribution in [0.1, 0.15) is 18.1 Å². The summed E-state index contributed by atoms with van der Waals surface area (Å²) in [6.45, 7) is 3.09. The third-order valence-electron chi connectivity index (χ3n) is 2.78. The molecule has 0 aliphatic heterocycles. The fraction of sp³-hybridized carbons (Fsp3) is 0.538. The van der Waals surface area contributed by atoms with Gasteiger partial charge in [0.05, 0.1) is 4.90 Å². The smallest absolute Gasteiger partial charge is 0.240 e. The van der Waals surface area contributed by atoms with E-state index in [1.54, 1.807) is 17.8 Å². The molecule has 0 heterocycles. The summed E-state index contributed by atoms with van der Waals surface area (Å²) in [6.07, 6.45) is 2.66. The molecule has 19 heavy (non-hydrogen) atoms. The minimum absolute atomic E-state index is 0.406. The second-order valence-electron chi connectivity index (χ2n) is 4.22. The van der Waals surface area contributed by atoms with E-state index in [9.17, 15) is 8.42 Å². The summed E-state index contributed by atoms with van der Waals surface area (Å²) in [4.78, 5) is 0.406. The van der Waals surface area contributed by atoms with Gasteiger partial charge in [0.25, 0.3) is 0 Å². The molecule has 0 saturated carbocycles. The van der Waals surface area contributed by atoms with E-state index in [-0.39, 0.29) is 0 Å². The molecule has 1 aromatic carbocycles. The van der Waals surface area contributed by atoms with E-state index in [0.29, 0.717) is 24.4 Å². The third-order valence-corrected chi connectivity index (χ3v) is 4.94. The molecule has 0 aromatic heterocycles. The Labute approximate surface area is 120 Å². The summed E-state index contributed by atoms with van der Waals surface area (Å²) < 4.78 is 27.3. The van der Waals surface area contributed by atoms with Crippen molar-refractivity contribution in [3.8, 4) is 0 Å². The normalized spacial score (nSPS) is 11.7. The molecule has 0 radical (unpaired) electrons. The van der Waals surface area contributed by atoms with Gasteiger partial charge in [0.1, 0.15) is 0 Å². The third kappa shape index (κ3) is 4.80. The van der Waals surface area contributed by atoms with Crippen LogP contribution < -0.4 is 10.0 Å². The highest BCUT2D eigenvalue weighted by atomic mass is 32.2. The van der Waals surface area contributed by atoms with Gasteiger partial charge in [-0.1, -0.05) is 19.1 Å². The zero-order chi connectivity index (χ0) is 14.3. The second kappa shape index (κ2) is 7.89. The molecule has 0 atom stereocenters. The molecule has 2 N–H and O–H groups in total. The molecule has 0 bridgehead atoms. The van der Waals surface area contributed by atoms with Crippen molar-refractivity contribution >= 4 is 21.8 Å². The average molecular weight is 302 g/mol. The average Bonchev–Trinajstić information content (AvgIpc) is 2.39. The van der Waals surface area contributed by atoms with Crippen LogP contribution in [0.2, 0.25) is 0 Å². The van der Waals surface area contributed by atoms with E-state index in [4.69, 9.17) is 0 Å². The van der Waals surface area contributed by atoms with Gasteiger partial charge >= 0.3 is 0 Å². The number of nitrogens with one attached hydrogen (secondary N) is 2. The van der Waals surface area contributed by atoms with E-state index in [1.807, 2.05) is 32.4 Å². The van der Waals surface area contributed by atoms with Crippen LogP contribution in [0.25, 0.3) is 0 Å². The molecule has 0 amide bonds. The number of thioether (sulfide) groups is 1. The van der Waals surface area contributed by atoms with Crippen molar-refractivity contribution in [3.63, 3.8) is 0 Å². The standard InChI is InChI=1S/C13H22N2O2S2/c1-4-12-6-5-11(10-14-2)9-13(12)19(16,17)15-7-8-18-3/h5-6,9,14-15H,4,7-8,10H2,1-3H3. The van der Waals surface area contributed by atoms with Gasteiger partial charge in [-0.15, -0.1) is 0 Å². The van der Waals surface area contributed by atoms with E-state index < -0.39 is 10.0 Å². The van der Waals surface area contributed by atoms with Crippen molar-refractivity contribution in [3.05, 3.63) is 29.3 Å². The molecule has 108 valence electrons. The lowest BCUT2D eigenvalue weighted by Gasteiger charge is -2.12. The first-order valence-corrected chi connectivity index (χ1v) is 9.17. The van der Waals surface area contributed by atoms with Gasteiger partial charge in [-0.05, 0) is 36.9 Å². The fourth-order valence-electron chi connectivity index (χ4n) is 1.81. The zero-order valence-corrected chi connectivity index (χ0v) is 13.3. The highest BCUT2D eigenvalue weighted by Gasteiger charge is 2.17. The maximum atomic E-state index is 12.3. The molecule has 0 aliphatic rings. The predicted molar refractivity (Wildman–Crippen MR) is 82.2 cm³/mol. The number of rotatable bonds is 8. The predicted octanol–water partition coefficient (Wildman–Crippen LogP) is 1.61. The van der Waals surface area contributed by atoms with Gasteiger partial charge in [-0.2, -0.15) is 11.8 Å². The summed E-state index contributed by atoms with van der Waals surface area (Å²) >= 11 is 1.62. The molecule has 0 spiro atoms. The first kappa shape index (κ1) is 16.5. The van der Waals surface area contributed by atoms with Crippen LogP contribution >= 0.6 is 11.8 Å². The van der Waals surface area contributed by atoms with Crippen molar-refractivity contribution in [2.24, 2.45) is 0 Å². The zero-order valence-electron chi connectivity index (χ0n) is 11.7. The van der Waals surface area contributed by atoms with Crippen LogP contribution in [0.5, 0.6) is 0 Å². The van der Waals surface area contributed by atoms with Crippen molar-refractivity contribution in [1.82, 2.24) is 10.0 Å². The molecule has 1 aromatic rings. The summed E-state index contributed by atoms with van der Waals surface area (Å²) in [5, 5.41) is 3.03. The van der Waals surface area contributed by atoms with Gasteiger partial charge in [-0.3, -0.25) is 0 Å². The Bertz CT molecular complexity index is 501. The Hall–Kier alpha value is -0.560. The lowest BCUT2D eigenvalue weighted by molar-refractivity contribution is 0.583. The number of sulfonamides is 1. The van der Waals surface area contributed by atoms with E-state index in [0.717, 1.165) is 16.9 Å². The van der Waals surface area contributed by atoms with Crippen LogP contribution in [0, 0.1) is 0 Å². The molecule has 0 aliphatic carbocycles. The lowest BCUT2D eigenvalue weighted by Crippen LogP contribution is -2.27. The summed E-state index contributed by atoms with van der Waals surface area (Å²) in [5.74, 6) is 0.775. The first-order chi connectivity index (χ1) is 9.05. The van der Waals surface area contributed by atoms with Crippen LogP contribution in [0.3, 0.4) is 0 Å². The van der Waals surface area contributed by atoms with E-state index >= 15 is 0 Å². The maximum Gasteiger partial charge on any atom is 0.240 e. The minimum atomic E-state index is -3.41. The number of hydrogen-bond donors (Lipinski definition) is 2. The molecule has 0 saturated heterocycles. The molecular formula is C13H22N2O2S2. The first-order valence-electron chi connectivity index (χ1n) is 6.30. The lowest BCUT2D eigenvalue weighted by atomic mass is 10.1. The van der Waals surface area contributed by atoms with Gasteiger partial charge in [0, 0.05) is 18.8 Å². The highest BCUT2D eigenvalue weighted by molar-refractivity contribution is 7.98. The molecule has 6 heteroatoms. The van der Waals surface area contributed by atoms with Gasteiger partial charge in [0.2, 0.25) is 10.0 Å². The van der Waals surface area contributed by atoms with Gasteiger partial charge in [0.15, 0.2) is 0 Å². The second-order valence-corrected chi connectivity index (χ2v) is 6.94. The van der Waals surface area contributed by atoms with Crippen LogP contribution in [-0.2, 0) is 23.0 Å². The van der Waals surface area contributed by atoms with E-state index in [2.05, 4.69) is 10.0 Å². The Morgan fingerprint density at radius 2 is 2.05 bits per heavy atom. The van der Waals surface area contributed by atoms with Gasteiger partial charge < -0.3 is 5.32 Å². The van der Waals surface area contributed by atoms with Crippen molar-refractivity contribution < 1.29 is 8.42 Å². The van der Waals surface area contributed by atoms with Crippen molar-refractivity contribution in [2.45, 2.75) is 24.8 Å². The fourth-order valence-corrected chi connectivity index (χ4v) is 3.64. The highest BCUT2D eigenvalue weighted by Crippen LogP contribution is 2.18. The number of benzene rings is 1. The minimum Gasteiger partial charge on any atom is -0.316 e. The molecule has 1 rings (SSSR count). The van der Waals surface area contributed by atoms with Crippen LogP contribution in [0.4, 0.5) is 0 Å². The Morgan fingerprint density at radius 1 is 1.32 bits per heavy atom. The quantitative estimate of drug-likeness (QED) is 0.716. The van der Waals surface area contributed by atoms with Crippen molar-refractivity contribution in [1.29, 1.82) is 0 Å². The molecule has 0 unspecified atom stereocenters. The Morgan fingerprint density at radius 3 is 2.63 bits per heavy atom. The number of hydrogen-bond acceptors (Lipinski definition) is 4. The molecule has 4 nitrogen and oxygen atoms in total. The molecule has 0 fully saturated rings. The number of aryl methyl sites for hydroxylation is 1. The largest absolute Gasteiger partial charge is 0.316 e. The summed E-state index contributed by atoms with van der Waals surface area (Å²) in [6, 6.07) is 5.63. The summed E-state index contributed by atoms with van der Waals surface area (Å²) in [7, 11) is -1.56. The monoisotopic (exact) mass is 302 g/mol. The van der Waals surface area contributed by atoms with E-state index in [1.165, 1.54) is 0 Å². The summed E-state index contributed by atoms with van der Waals surface area (Å²) in [5.41, 5.74) is 1.83.